The molecule has 2 atom stereocenters. The van der Waals surface area contributed by atoms with Crippen molar-refractivity contribution in [3.63, 3.8) is 0 Å². The zero-order chi connectivity index (χ0) is 25.4. The van der Waals surface area contributed by atoms with Crippen LogP contribution in [0, 0.1) is 0 Å². The van der Waals surface area contributed by atoms with E-state index in [9.17, 15) is 9.59 Å². The van der Waals surface area contributed by atoms with Crippen molar-refractivity contribution in [3.05, 3.63) is 53.7 Å². The summed E-state index contributed by atoms with van der Waals surface area (Å²) in [6, 6.07) is 9.66. The summed E-state index contributed by atoms with van der Waals surface area (Å²) in [4.78, 5) is 28.3. The van der Waals surface area contributed by atoms with Crippen LogP contribution in [0.1, 0.15) is 38.0 Å². The molecule has 0 fully saturated rings. The van der Waals surface area contributed by atoms with Crippen LogP contribution >= 0.6 is 0 Å². The number of nitrogens with zero attached hydrogens (tertiary/aromatic N) is 4. The molecule has 1 aliphatic heterocycles. The Hall–Kier alpha value is -4.22. The first-order valence-electron chi connectivity index (χ1n) is 10.8. The highest BCUT2D eigenvalue weighted by molar-refractivity contribution is 5.99. The standard InChI is InChI=1S/C23H28N6O6/c1-23(2,3)35-22(31)27-16(21(30)32-4)12-26-29-19(28-24)15-8-5-7-14(11-15)18-13-33-17-9-6-10-25-20(17)34-18/h5-11,16,18H,12-13,24H2,1-4H3,(H,27,31)/t16-,18-/m0/s1. The maximum absolute atomic E-state index is 12.1. The highest BCUT2D eigenvalue weighted by Crippen LogP contribution is 2.34. The van der Waals surface area contributed by atoms with Crippen LogP contribution in [0.3, 0.4) is 0 Å². The molecule has 0 aliphatic carbocycles. The van der Waals surface area contributed by atoms with Gasteiger partial charge in [-0.25, -0.2) is 14.6 Å². The van der Waals surface area contributed by atoms with E-state index in [0.29, 0.717) is 23.8 Å². The summed E-state index contributed by atoms with van der Waals surface area (Å²) < 4.78 is 21.6. The number of benzene rings is 1. The predicted molar refractivity (Wildman–Crippen MR) is 125 cm³/mol. The summed E-state index contributed by atoms with van der Waals surface area (Å²) in [5.41, 5.74) is 0.634. The van der Waals surface area contributed by atoms with Crippen molar-refractivity contribution >= 4 is 17.9 Å². The molecule has 12 nitrogen and oxygen atoms in total. The van der Waals surface area contributed by atoms with Gasteiger partial charge in [-0.05, 0) is 44.5 Å². The third-order valence-electron chi connectivity index (χ3n) is 4.63. The van der Waals surface area contributed by atoms with E-state index in [-0.39, 0.29) is 12.4 Å². The summed E-state index contributed by atoms with van der Waals surface area (Å²) >= 11 is 0. The van der Waals surface area contributed by atoms with Crippen LogP contribution in [0.25, 0.3) is 0 Å². The Kier molecular flexibility index (Phi) is 8.18. The van der Waals surface area contributed by atoms with E-state index in [1.165, 1.54) is 7.11 Å². The molecule has 0 spiro atoms. The number of carbonyl (C=O) groups excluding carboxylic acids is 2. The first kappa shape index (κ1) is 25.4. The number of rotatable bonds is 6. The summed E-state index contributed by atoms with van der Waals surface area (Å²) in [6.45, 7) is 5.20. The normalized spacial score (nSPS) is 16.5. The van der Waals surface area contributed by atoms with E-state index in [4.69, 9.17) is 24.8 Å². The number of carbonyl (C=O) groups is 2. The first-order valence-corrected chi connectivity index (χ1v) is 10.8. The number of hydrogen-bond donors (Lipinski definition) is 2. The summed E-state index contributed by atoms with van der Waals surface area (Å²) in [5, 5.41) is 14.1. The summed E-state index contributed by atoms with van der Waals surface area (Å²) in [7, 11) is 1.20. The Morgan fingerprint density at radius 2 is 2.09 bits per heavy atom. The third kappa shape index (κ3) is 7.13. The molecule has 186 valence electrons. The first-order chi connectivity index (χ1) is 16.7. The molecule has 35 heavy (non-hydrogen) atoms. The second-order valence-electron chi connectivity index (χ2n) is 8.45. The van der Waals surface area contributed by atoms with Crippen molar-refractivity contribution in [2.75, 3.05) is 20.3 Å². The van der Waals surface area contributed by atoms with Gasteiger partial charge in [-0.2, -0.15) is 10.2 Å². The molecule has 0 unspecified atom stereocenters. The van der Waals surface area contributed by atoms with Gasteiger partial charge in [-0.3, -0.25) is 0 Å². The van der Waals surface area contributed by atoms with E-state index in [2.05, 4.69) is 25.6 Å². The second-order valence-corrected chi connectivity index (χ2v) is 8.45. The molecule has 1 amide bonds. The topological polar surface area (TPSA) is 159 Å². The lowest BCUT2D eigenvalue weighted by Gasteiger charge is -2.25. The number of aromatic nitrogens is 1. The number of azo groups is 1. The molecular formula is C23H28N6O6. The lowest BCUT2D eigenvalue weighted by Crippen LogP contribution is -2.45. The van der Waals surface area contributed by atoms with Gasteiger partial charge < -0.3 is 30.1 Å². The van der Waals surface area contributed by atoms with Crippen LogP contribution in [0.5, 0.6) is 11.6 Å². The number of nitrogens with two attached hydrogens (primary N) is 1. The van der Waals surface area contributed by atoms with Gasteiger partial charge >= 0.3 is 12.1 Å². The quantitative estimate of drug-likeness (QED) is 0.158. The fourth-order valence-corrected chi connectivity index (χ4v) is 3.07. The van der Waals surface area contributed by atoms with E-state index in [1.54, 1.807) is 57.3 Å². The molecule has 1 aromatic carbocycles. The van der Waals surface area contributed by atoms with Crippen LogP contribution in [-0.2, 0) is 14.3 Å². The smallest absolute Gasteiger partial charge is 0.408 e. The molecule has 2 heterocycles. The van der Waals surface area contributed by atoms with E-state index < -0.39 is 29.8 Å². The number of hydrazone groups is 1. The average Bonchev–Trinajstić information content (AvgIpc) is 2.84. The second kappa shape index (κ2) is 11.3. The van der Waals surface area contributed by atoms with Crippen molar-refractivity contribution in [1.82, 2.24) is 10.3 Å². The maximum atomic E-state index is 12.1. The zero-order valence-corrected chi connectivity index (χ0v) is 19.9. The minimum atomic E-state index is -1.11. The number of fused-ring (bicyclic) bond motifs is 1. The van der Waals surface area contributed by atoms with E-state index >= 15 is 0 Å². The molecule has 0 radical (unpaired) electrons. The van der Waals surface area contributed by atoms with Gasteiger partial charge in [0.2, 0.25) is 0 Å². The van der Waals surface area contributed by atoms with E-state index in [1.807, 2.05) is 6.07 Å². The van der Waals surface area contributed by atoms with Crippen molar-refractivity contribution in [3.8, 4) is 11.6 Å². The fourth-order valence-electron chi connectivity index (χ4n) is 3.07. The number of pyridine rings is 1. The van der Waals surface area contributed by atoms with Crippen molar-refractivity contribution in [1.29, 1.82) is 0 Å². The number of hydrogen-bond acceptors (Lipinski definition) is 10. The average molecular weight is 485 g/mol. The van der Waals surface area contributed by atoms with Gasteiger partial charge in [-0.1, -0.05) is 18.2 Å². The molecule has 0 saturated heterocycles. The van der Waals surface area contributed by atoms with Gasteiger partial charge in [-0.15, -0.1) is 5.11 Å². The Morgan fingerprint density at radius 3 is 2.80 bits per heavy atom. The Balaban J connectivity index is 1.69. The lowest BCUT2D eigenvalue weighted by atomic mass is 10.1. The highest BCUT2D eigenvalue weighted by atomic mass is 16.6. The minimum Gasteiger partial charge on any atom is -0.484 e. The van der Waals surface area contributed by atoms with Crippen LogP contribution in [0.4, 0.5) is 4.79 Å². The molecule has 12 heteroatoms. The minimum absolute atomic E-state index is 0.114. The van der Waals surface area contributed by atoms with Crippen LogP contribution in [0.15, 0.2) is 57.9 Å². The van der Waals surface area contributed by atoms with Crippen molar-refractivity contribution in [2.45, 2.75) is 38.5 Å². The largest absolute Gasteiger partial charge is 0.484 e. The van der Waals surface area contributed by atoms with Crippen LogP contribution in [-0.4, -0.2) is 54.8 Å². The van der Waals surface area contributed by atoms with Crippen molar-refractivity contribution in [2.24, 2.45) is 21.2 Å². The lowest BCUT2D eigenvalue weighted by molar-refractivity contribution is -0.142. The Labute approximate surface area is 202 Å². The van der Waals surface area contributed by atoms with E-state index in [0.717, 1.165) is 5.56 Å². The summed E-state index contributed by atoms with van der Waals surface area (Å²) in [6.07, 6.45) is 0.448. The van der Waals surface area contributed by atoms with Crippen molar-refractivity contribution < 1.29 is 28.5 Å². The number of methoxy groups -OCH3 is 1. The molecule has 3 N–H and O–H groups in total. The monoisotopic (exact) mass is 484 g/mol. The number of alkyl carbamates (subject to hydrolysis) is 1. The SMILES string of the molecule is COC(=O)[C@H](CN=NC(=NN)c1cccc([C@@H]2COc3cccnc3O2)c1)NC(=O)OC(C)(C)C. The van der Waals surface area contributed by atoms with Gasteiger partial charge in [0.05, 0.1) is 13.7 Å². The Morgan fingerprint density at radius 1 is 1.29 bits per heavy atom. The van der Waals surface area contributed by atoms with Crippen LogP contribution in [0.2, 0.25) is 0 Å². The highest BCUT2D eigenvalue weighted by Gasteiger charge is 2.26. The molecule has 3 rings (SSSR count). The maximum Gasteiger partial charge on any atom is 0.408 e. The number of nitrogens with one attached hydrogen (secondary N) is 1. The molecular weight excluding hydrogens is 456 g/mol. The van der Waals surface area contributed by atoms with Gasteiger partial charge in [0.15, 0.2) is 23.7 Å². The molecule has 1 aliphatic rings. The molecule has 0 bridgehead atoms. The molecule has 1 aromatic heterocycles. The third-order valence-corrected chi connectivity index (χ3v) is 4.63. The number of esters is 1. The van der Waals surface area contributed by atoms with Crippen LogP contribution < -0.4 is 20.6 Å². The summed E-state index contributed by atoms with van der Waals surface area (Å²) in [5.74, 6) is 5.94. The number of amides is 1. The fraction of sp³-hybridized carbons (Fsp3) is 0.391. The zero-order valence-electron chi connectivity index (χ0n) is 19.9. The van der Waals surface area contributed by atoms with Gasteiger partial charge in [0, 0.05) is 11.8 Å². The molecule has 2 aromatic rings. The predicted octanol–water partition coefficient (Wildman–Crippen LogP) is 2.73. The van der Waals surface area contributed by atoms with Gasteiger partial charge in [0.1, 0.15) is 12.2 Å². The number of amidine groups is 1. The number of ether oxygens (including phenoxy) is 4. The Bertz CT molecular complexity index is 1110. The van der Waals surface area contributed by atoms with Gasteiger partial charge in [0.25, 0.3) is 5.88 Å². The molecule has 0 saturated carbocycles.